The van der Waals surface area contributed by atoms with Crippen LogP contribution in [0.1, 0.15) is 19.8 Å². The van der Waals surface area contributed by atoms with Crippen molar-refractivity contribution in [3.8, 4) is 5.75 Å². The van der Waals surface area contributed by atoms with E-state index in [9.17, 15) is 4.79 Å². The van der Waals surface area contributed by atoms with Gasteiger partial charge in [0.2, 0.25) is 0 Å². The summed E-state index contributed by atoms with van der Waals surface area (Å²) in [7, 11) is 3.70. The lowest BCUT2D eigenvalue weighted by atomic mass is 9.97. The Morgan fingerprint density at radius 2 is 2.04 bits per heavy atom. The molecule has 0 radical (unpaired) electrons. The Hall–Kier alpha value is -2.83. The van der Waals surface area contributed by atoms with Crippen LogP contribution in [-0.2, 0) is 16.6 Å². The summed E-state index contributed by atoms with van der Waals surface area (Å²) >= 11 is 0. The quantitative estimate of drug-likeness (QED) is 0.660. The summed E-state index contributed by atoms with van der Waals surface area (Å²) in [6.45, 7) is 3.84. The molecule has 27 heavy (non-hydrogen) atoms. The molecule has 0 unspecified atom stereocenters. The number of fused-ring (bicyclic) bond motifs is 3. The summed E-state index contributed by atoms with van der Waals surface area (Å²) in [5.41, 5.74) is 3.02. The van der Waals surface area contributed by atoms with Gasteiger partial charge >= 0.3 is 5.97 Å². The van der Waals surface area contributed by atoms with E-state index in [0.29, 0.717) is 6.61 Å². The van der Waals surface area contributed by atoms with Crippen LogP contribution in [-0.4, -0.2) is 47.3 Å². The molecule has 2 aromatic heterocycles. The third kappa shape index (κ3) is 2.97. The Bertz CT molecular complexity index is 990. The van der Waals surface area contributed by atoms with Gasteiger partial charge in [-0.1, -0.05) is 0 Å². The summed E-state index contributed by atoms with van der Waals surface area (Å²) in [5.74, 6) is 1.63. The van der Waals surface area contributed by atoms with Crippen molar-refractivity contribution in [2.75, 3.05) is 31.7 Å². The molecule has 1 aliphatic heterocycles. The number of esters is 1. The molecule has 3 heterocycles. The maximum absolute atomic E-state index is 12.0. The van der Waals surface area contributed by atoms with E-state index in [2.05, 4.69) is 19.4 Å². The Morgan fingerprint density at radius 3 is 2.74 bits per heavy atom. The number of hydrogen-bond acceptors (Lipinski definition) is 6. The highest BCUT2D eigenvalue weighted by Crippen LogP contribution is 2.35. The summed E-state index contributed by atoms with van der Waals surface area (Å²) in [6, 6.07) is 6.02. The van der Waals surface area contributed by atoms with Gasteiger partial charge in [0.05, 0.1) is 25.2 Å². The molecule has 7 heteroatoms. The average Bonchev–Trinajstić information content (AvgIpc) is 3.00. The predicted octanol–water partition coefficient (Wildman–Crippen LogP) is 2.91. The fourth-order valence-electron chi connectivity index (χ4n) is 3.94. The highest BCUT2D eigenvalue weighted by Gasteiger charge is 2.28. The number of aryl methyl sites for hydroxylation is 1. The zero-order valence-electron chi connectivity index (χ0n) is 15.9. The van der Waals surface area contributed by atoms with Crippen molar-refractivity contribution in [1.29, 1.82) is 0 Å². The molecule has 1 fully saturated rings. The van der Waals surface area contributed by atoms with Crippen molar-refractivity contribution in [1.82, 2.24) is 14.5 Å². The number of hydrogen-bond donors (Lipinski definition) is 0. The van der Waals surface area contributed by atoms with Crippen LogP contribution in [0.5, 0.6) is 5.75 Å². The minimum absolute atomic E-state index is 0.0183. The van der Waals surface area contributed by atoms with E-state index in [1.807, 2.05) is 32.2 Å². The van der Waals surface area contributed by atoms with Crippen LogP contribution in [0, 0.1) is 5.92 Å². The second-order valence-corrected chi connectivity index (χ2v) is 6.85. The highest BCUT2D eigenvalue weighted by atomic mass is 16.5. The van der Waals surface area contributed by atoms with Crippen molar-refractivity contribution >= 4 is 33.7 Å². The van der Waals surface area contributed by atoms with Gasteiger partial charge in [0.15, 0.2) is 5.82 Å². The monoisotopic (exact) mass is 368 g/mol. The maximum Gasteiger partial charge on any atom is 0.309 e. The second-order valence-electron chi connectivity index (χ2n) is 6.85. The van der Waals surface area contributed by atoms with Crippen LogP contribution < -0.4 is 9.64 Å². The normalized spacial score (nSPS) is 15.4. The van der Waals surface area contributed by atoms with Gasteiger partial charge in [-0.25, -0.2) is 9.97 Å². The first-order valence-corrected chi connectivity index (χ1v) is 9.32. The van der Waals surface area contributed by atoms with Crippen molar-refractivity contribution < 1.29 is 14.3 Å². The molecule has 1 saturated heterocycles. The predicted molar refractivity (Wildman–Crippen MR) is 104 cm³/mol. The third-order valence-electron chi connectivity index (χ3n) is 5.37. The fraction of sp³-hybridized carbons (Fsp3) is 0.450. The highest BCUT2D eigenvalue weighted by molar-refractivity contribution is 6.09. The van der Waals surface area contributed by atoms with E-state index < -0.39 is 0 Å². The molecule has 0 aliphatic carbocycles. The third-order valence-corrected chi connectivity index (χ3v) is 5.37. The molecule has 3 aromatic rings. The van der Waals surface area contributed by atoms with Crippen LogP contribution in [0.3, 0.4) is 0 Å². The van der Waals surface area contributed by atoms with Gasteiger partial charge in [0, 0.05) is 25.5 Å². The Kier molecular flexibility index (Phi) is 4.59. The van der Waals surface area contributed by atoms with Crippen molar-refractivity contribution in [3.63, 3.8) is 0 Å². The van der Waals surface area contributed by atoms with Gasteiger partial charge in [-0.15, -0.1) is 0 Å². The first-order chi connectivity index (χ1) is 13.1. The zero-order chi connectivity index (χ0) is 19.0. The minimum atomic E-state index is -0.0818. The van der Waals surface area contributed by atoms with Gasteiger partial charge < -0.3 is 18.9 Å². The minimum Gasteiger partial charge on any atom is -0.497 e. The topological polar surface area (TPSA) is 69.5 Å². The molecule has 0 amide bonds. The zero-order valence-corrected chi connectivity index (χ0v) is 15.9. The fourth-order valence-corrected chi connectivity index (χ4v) is 3.94. The number of benzene rings is 1. The molecule has 0 saturated carbocycles. The van der Waals surface area contributed by atoms with Crippen molar-refractivity contribution in [3.05, 3.63) is 24.5 Å². The molecule has 0 atom stereocenters. The van der Waals surface area contributed by atoms with Crippen LogP contribution in [0.25, 0.3) is 21.9 Å². The van der Waals surface area contributed by atoms with E-state index >= 15 is 0 Å². The number of carbonyl (C=O) groups excluding carboxylic acids is 1. The van der Waals surface area contributed by atoms with E-state index in [1.165, 1.54) is 0 Å². The number of piperidine rings is 1. The van der Waals surface area contributed by atoms with E-state index in [-0.39, 0.29) is 11.9 Å². The maximum atomic E-state index is 12.0. The number of aromatic nitrogens is 3. The molecule has 0 bridgehead atoms. The first kappa shape index (κ1) is 17.6. The number of ether oxygens (including phenoxy) is 2. The molecular weight excluding hydrogens is 344 g/mol. The molecule has 1 aliphatic rings. The molecule has 0 spiro atoms. The van der Waals surface area contributed by atoms with Crippen molar-refractivity contribution in [2.45, 2.75) is 19.8 Å². The summed E-state index contributed by atoms with van der Waals surface area (Å²) in [6.07, 6.45) is 3.18. The van der Waals surface area contributed by atoms with E-state index in [4.69, 9.17) is 9.47 Å². The molecule has 1 aromatic carbocycles. The number of carbonyl (C=O) groups is 1. The number of anilines is 1. The van der Waals surface area contributed by atoms with E-state index in [1.54, 1.807) is 13.4 Å². The van der Waals surface area contributed by atoms with Gasteiger partial charge in [0.25, 0.3) is 0 Å². The molecule has 4 rings (SSSR count). The Labute approximate surface area is 157 Å². The summed E-state index contributed by atoms with van der Waals surface area (Å²) in [5, 5.41) is 1.05. The van der Waals surface area contributed by atoms with Crippen LogP contribution in [0.2, 0.25) is 0 Å². The van der Waals surface area contributed by atoms with Gasteiger partial charge in [-0.2, -0.15) is 0 Å². The molecule has 142 valence electrons. The lowest BCUT2D eigenvalue weighted by molar-refractivity contribution is -0.148. The molecular formula is C20H24N4O3. The Morgan fingerprint density at radius 1 is 1.26 bits per heavy atom. The van der Waals surface area contributed by atoms with Gasteiger partial charge in [-0.05, 0) is 38.0 Å². The molecule has 0 N–H and O–H groups in total. The largest absolute Gasteiger partial charge is 0.497 e. The smallest absolute Gasteiger partial charge is 0.309 e. The van der Waals surface area contributed by atoms with Crippen molar-refractivity contribution in [2.24, 2.45) is 13.0 Å². The van der Waals surface area contributed by atoms with Gasteiger partial charge in [0.1, 0.15) is 23.1 Å². The lowest BCUT2D eigenvalue weighted by Crippen LogP contribution is -2.37. The van der Waals surface area contributed by atoms with E-state index in [0.717, 1.165) is 59.4 Å². The summed E-state index contributed by atoms with van der Waals surface area (Å²) < 4.78 is 12.7. The van der Waals surface area contributed by atoms with Crippen LogP contribution in [0.4, 0.5) is 5.82 Å². The Balaban J connectivity index is 1.70. The van der Waals surface area contributed by atoms with Gasteiger partial charge in [-0.3, -0.25) is 4.79 Å². The first-order valence-electron chi connectivity index (χ1n) is 9.32. The van der Waals surface area contributed by atoms with Crippen LogP contribution >= 0.6 is 0 Å². The number of methoxy groups -OCH3 is 1. The standard InChI is InChI=1S/C20H24N4O3/c1-4-27-20(25)13-7-9-24(10-8-13)19-18-17(21-12-22-19)15-11-14(26-3)5-6-16(15)23(18)2/h5-6,11-13H,4,7-10H2,1-3H3. The lowest BCUT2D eigenvalue weighted by Gasteiger charge is -2.32. The number of rotatable bonds is 4. The SMILES string of the molecule is CCOC(=O)C1CCN(c2ncnc3c4cc(OC)ccc4n(C)c23)CC1. The van der Waals surface area contributed by atoms with Crippen LogP contribution in [0.15, 0.2) is 24.5 Å². The molecule has 7 nitrogen and oxygen atoms in total. The average molecular weight is 368 g/mol. The second kappa shape index (κ2) is 7.06. The summed E-state index contributed by atoms with van der Waals surface area (Å²) in [4.78, 5) is 23.4. The number of nitrogens with zero attached hydrogens (tertiary/aromatic N) is 4.